The lowest BCUT2D eigenvalue weighted by atomic mass is 9.82. The van der Waals surface area contributed by atoms with E-state index in [1.165, 1.54) is 6.42 Å². The van der Waals surface area contributed by atoms with Crippen LogP contribution < -0.4 is 4.74 Å². The van der Waals surface area contributed by atoms with Gasteiger partial charge in [-0.3, -0.25) is 0 Å². The number of hydrogen-bond acceptors (Lipinski definition) is 5. The highest BCUT2D eigenvalue weighted by Gasteiger charge is 2.30. The molecule has 7 heteroatoms. The molecule has 2 aliphatic rings. The molecule has 1 aromatic carbocycles. The van der Waals surface area contributed by atoms with Crippen LogP contribution in [0.25, 0.3) is 16.7 Å². The minimum absolute atomic E-state index is 0.00492. The minimum Gasteiger partial charge on any atom is -0.489 e. The molecule has 150 valence electrons. The molecule has 3 aromatic rings. The number of nitrogens with zero attached hydrogens (tertiary/aromatic N) is 3. The van der Waals surface area contributed by atoms with Crippen molar-refractivity contribution in [3.63, 3.8) is 0 Å². The van der Waals surface area contributed by atoms with Gasteiger partial charge in [-0.05, 0) is 25.0 Å². The highest BCUT2D eigenvalue weighted by Crippen LogP contribution is 2.42. The van der Waals surface area contributed by atoms with Crippen LogP contribution >= 0.6 is 0 Å². The number of pyridine rings is 1. The van der Waals surface area contributed by atoms with E-state index >= 15 is 0 Å². The van der Waals surface area contributed by atoms with Gasteiger partial charge in [0.25, 0.3) is 0 Å². The van der Waals surface area contributed by atoms with Crippen molar-refractivity contribution in [2.75, 3.05) is 13.2 Å². The molecule has 0 radical (unpaired) electrons. The molecule has 7 nitrogen and oxygen atoms in total. The average Bonchev–Trinajstić information content (AvgIpc) is 3.07. The number of aromatic nitrogens is 3. The largest absolute Gasteiger partial charge is 0.489 e. The van der Waals surface area contributed by atoms with Gasteiger partial charge in [-0.15, -0.1) is 0 Å². The third-order valence-electron chi connectivity index (χ3n) is 5.80. The van der Waals surface area contributed by atoms with Gasteiger partial charge in [-0.2, -0.15) is 5.10 Å². The summed E-state index contributed by atoms with van der Waals surface area (Å²) >= 11 is 0. The van der Waals surface area contributed by atoms with E-state index in [1.54, 1.807) is 10.7 Å². The molecule has 1 aliphatic carbocycles. The lowest BCUT2D eigenvalue weighted by Crippen LogP contribution is -2.26. The fraction of sp³-hybridized carbons (Fsp3) is 0.409. The number of para-hydroxylation sites is 1. The van der Waals surface area contributed by atoms with Crippen molar-refractivity contribution < 1.29 is 19.4 Å². The van der Waals surface area contributed by atoms with E-state index in [0.29, 0.717) is 30.5 Å². The zero-order valence-corrected chi connectivity index (χ0v) is 16.1. The van der Waals surface area contributed by atoms with Crippen LogP contribution in [-0.2, 0) is 4.74 Å². The number of ether oxygens (including phenoxy) is 2. The maximum Gasteiger partial charge on any atom is 0.354 e. The van der Waals surface area contributed by atoms with Crippen molar-refractivity contribution in [3.05, 3.63) is 47.8 Å². The Bertz CT molecular complexity index is 1040. The van der Waals surface area contributed by atoms with E-state index in [-0.39, 0.29) is 11.8 Å². The lowest BCUT2D eigenvalue weighted by molar-refractivity contribution is 0.0260. The fourth-order valence-electron chi connectivity index (χ4n) is 4.00. The molecular formula is C22H23N3O4. The first-order valence-corrected chi connectivity index (χ1v) is 10.2. The van der Waals surface area contributed by atoms with Crippen LogP contribution in [-0.4, -0.2) is 45.2 Å². The third kappa shape index (κ3) is 3.35. The zero-order chi connectivity index (χ0) is 19.8. The Morgan fingerprint density at radius 1 is 1.14 bits per heavy atom. The summed E-state index contributed by atoms with van der Waals surface area (Å²) in [6.07, 6.45) is 4.93. The molecule has 0 bridgehead atoms. The normalized spacial score (nSPS) is 17.9. The molecule has 1 N–H and O–H groups in total. The third-order valence-corrected chi connectivity index (χ3v) is 5.80. The second kappa shape index (κ2) is 7.48. The molecule has 1 saturated heterocycles. The van der Waals surface area contributed by atoms with E-state index in [0.717, 1.165) is 42.5 Å². The van der Waals surface area contributed by atoms with Crippen LogP contribution in [0.4, 0.5) is 0 Å². The summed E-state index contributed by atoms with van der Waals surface area (Å²) in [4.78, 5) is 16.2. The predicted molar refractivity (Wildman–Crippen MR) is 107 cm³/mol. The van der Waals surface area contributed by atoms with Crippen LogP contribution in [0.2, 0.25) is 0 Å². The number of hydrogen-bond donors (Lipinski definition) is 1. The highest BCUT2D eigenvalue weighted by molar-refractivity contribution is 5.94. The number of rotatable bonds is 5. The molecule has 1 saturated carbocycles. The van der Waals surface area contributed by atoms with Gasteiger partial charge in [0.15, 0.2) is 11.3 Å². The van der Waals surface area contributed by atoms with Crippen molar-refractivity contribution in [2.24, 2.45) is 0 Å². The summed E-state index contributed by atoms with van der Waals surface area (Å²) in [5.74, 6) is -0.143. The second-order valence-electron chi connectivity index (χ2n) is 7.70. The summed E-state index contributed by atoms with van der Waals surface area (Å²) in [6, 6.07) is 11.3. The predicted octanol–water partition coefficient (Wildman–Crippen LogP) is 3.94. The van der Waals surface area contributed by atoms with Crippen LogP contribution in [0, 0.1) is 0 Å². The van der Waals surface area contributed by atoms with Gasteiger partial charge in [0.1, 0.15) is 11.9 Å². The summed E-state index contributed by atoms with van der Waals surface area (Å²) in [6.45, 7) is 1.31. The molecule has 5 rings (SSSR count). The first-order chi connectivity index (χ1) is 14.2. The molecule has 29 heavy (non-hydrogen) atoms. The Labute approximate surface area is 168 Å². The smallest absolute Gasteiger partial charge is 0.354 e. The van der Waals surface area contributed by atoms with E-state index < -0.39 is 5.97 Å². The molecule has 0 atom stereocenters. The molecule has 2 fully saturated rings. The monoisotopic (exact) mass is 393 g/mol. The molecule has 3 heterocycles. The fourth-order valence-corrected chi connectivity index (χ4v) is 4.00. The summed E-state index contributed by atoms with van der Waals surface area (Å²) in [5.41, 5.74) is 2.33. The van der Waals surface area contributed by atoms with Gasteiger partial charge in [-0.25, -0.2) is 14.5 Å². The Morgan fingerprint density at radius 3 is 2.55 bits per heavy atom. The van der Waals surface area contributed by atoms with Crippen molar-refractivity contribution >= 4 is 17.0 Å². The number of carboxylic acids is 1. The van der Waals surface area contributed by atoms with E-state index in [9.17, 15) is 9.90 Å². The topological polar surface area (TPSA) is 86.5 Å². The maximum absolute atomic E-state index is 11.8. The quantitative estimate of drug-likeness (QED) is 0.706. The number of aromatic carboxylic acids is 1. The van der Waals surface area contributed by atoms with E-state index in [1.807, 2.05) is 30.3 Å². The number of benzene rings is 1. The molecule has 0 amide bonds. The van der Waals surface area contributed by atoms with Crippen molar-refractivity contribution in [3.8, 4) is 11.4 Å². The number of fused-ring (bicyclic) bond motifs is 1. The van der Waals surface area contributed by atoms with E-state index in [2.05, 4.69) is 4.98 Å². The maximum atomic E-state index is 11.8. The first kappa shape index (κ1) is 18.1. The number of carboxylic acid groups (broad SMARTS) is 1. The van der Waals surface area contributed by atoms with Gasteiger partial charge in [-0.1, -0.05) is 24.6 Å². The van der Waals surface area contributed by atoms with Crippen LogP contribution in [0.1, 0.15) is 54.2 Å². The number of carbonyl (C=O) groups is 1. The van der Waals surface area contributed by atoms with Crippen LogP contribution in [0.15, 0.2) is 36.4 Å². The summed E-state index contributed by atoms with van der Waals surface area (Å²) < 4.78 is 13.5. The Morgan fingerprint density at radius 2 is 1.90 bits per heavy atom. The summed E-state index contributed by atoms with van der Waals surface area (Å²) in [5, 5.41) is 15.4. The highest BCUT2D eigenvalue weighted by atomic mass is 16.5. The van der Waals surface area contributed by atoms with Gasteiger partial charge in [0, 0.05) is 24.8 Å². The van der Waals surface area contributed by atoms with Crippen LogP contribution in [0.5, 0.6) is 5.75 Å². The standard InChI is InChI=1S/C22H23N3O4/c26-22(27)17-13-18(29-16-9-11-28-12-10-16)19-20(14-5-4-6-14)24-25(21(19)23-17)15-7-2-1-3-8-15/h1-3,7-8,13-14,16H,4-6,9-12H2,(H,26,27). The lowest BCUT2D eigenvalue weighted by Gasteiger charge is -2.26. The zero-order valence-electron chi connectivity index (χ0n) is 16.1. The Balaban J connectivity index is 1.71. The van der Waals surface area contributed by atoms with Gasteiger partial charge in [0.05, 0.1) is 30.0 Å². The van der Waals surface area contributed by atoms with E-state index in [4.69, 9.17) is 14.6 Å². The molecule has 0 unspecified atom stereocenters. The average molecular weight is 393 g/mol. The van der Waals surface area contributed by atoms with Gasteiger partial charge < -0.3 is 14.6 Å². The first-order valence-electron chi connectivity index (χ1n) is 10.2. The van der Waals surface area contributed by atoms with Gasteiger partial charge in [0.2, 0.25) is 0 Å². The van der Waals surface area contributed by atoms with Gasteiger partial charge >= 0.3 is 5.97 Å². The summed E-state index contributed by atoms with van der Waals surface area (Å²) in [7, 11) is 0. The molecule has 0 spiro atoms. The van der Waals surface area contributed by atoms with Crippen molar-refractivity contribution in [2.45, 2.75) is 44.1 Å². The Kier molecular flexibility index (Phi) is 4.67. The Hall–Kier alpha value is -2.93. The molecular weight excluding hydrogens is 370 g/mol. The van der Waals surface area contributed by atoms with Crippen LogP contribution in [0.3, 0.4) is 0 Å². The SMILES string of the molecule is O=C(O)c1cc(OC2CCOCC2)c2c(C3CCC3)nn(-c3ccccc3)c2n1. The second-order valence-corrected chi connectivity index (χ2v) is 7.70. The minimum atomic E-state index is -1.07. The van der Waals surface area contributed by atoms with Crippen molar-refractivity contribution in [1.29, 1.82) is 0 Å². The van der Waals surface area contributed by atoms with Crippen molar-refractivity contribution in [1.82, 2.24) is 14.8 Å². The molecule has 1 aliphatic heterocycles. The molecule has 2 aromatic heterocycles.